The molecule has 1 N–H and O–H groups in total. The van der Waals surface area contributed by atoms with Gasteiger partial charge < -0.3 is 9.52 Å². The second-order valence-corrected chi connectivity index (χ2v) is 4.63. The average Bonchev–Trinajstić information content (AvgIpc) is 2.83. The Morgan fingerprint density at radius 2 is 2.19 bits per heavy atom. The zero-order valence-corrected chi connectivity index (χ0v) is 11.6. The number of carboxylic acid groups (broad SMARTS) is 1. The van der Waals surface area contributed by atoms with Crippen molar-refractivity contribution < 1.29 is 19.2 Å². The van der Waals surface area contributed by atoms with E-state index in [1.54, 1.807) is 19.1 Å². The molecule has 2 rings (SSSR count). The molecule has 0 amide bonds. The molecule has 0 spiro atoms. The molecule has 1 heterocycles. The van der Waals surface area contributed by atoms with Crippen molar-refractivity contribution in [2.45, 2.75) is 26.7 Å². The number of carboxylic acids is 1. The molecule has 1 aromatic heterocycles. The second kappa shape index (κ2) is 5.74. The molecule has 0 fully saturated rings. The van der Waals surface area contributed by atoms with Gasteiger partial charge in [0.05, 0.1) is 10.6 Å². The Labute approximate surface area is 120 Å². The molecule has 0 unspecified atom stereocenters. The normalized spacial score (nSPS) is 10.6. The summed E-state index contributed by atoms with van der Waals surface area (Å²) < 4.78 is 5.25. The molecule has 110 valence electrons. The third-order valence-corrected chi connectivity index (χ3v) is 2.96. The van der Waals surface area contributed by atoms with Gasteiger partial charge >= 0.3 is 5.97 Å². The van der Waals surface area contributed by atoms with Crippen molar-refractivity contribution >= 4 is 11.7 Å². The van der Waals surface area contributed by atoms with Crippen LogP contribution in [0.15, 0.2) is 22.6 Å². The summed E-state index contributed by atoms with van der Waals surface area (Å²) in [6.45, 7) is 3.66. The molecule has 0 atom stereocenters. The van der Waals surface area contributed by atoms with E-state index in [4.69, 9.17) is 9.52 Å². The number of aromatic nitrogens is 1. The van der Waals surface area contributed by atoms with E-state index in [0.29, 0.717) is 18.5 Å². The summed E-state index contributed by atoms with van der Waals surface area (Å²) in [6, 6.07) is 4.52. The zero-order chi connectivity index (χ0) is 15.6. The van der Waals surface area contributed by atoms with Crippen molar-refractivity contribution in [2.24, 2.45) is 0 Å². The standard InChI is InChI=1S/C14H14N2O5/c1-3-4-10-12(14(17)18)21-13(15-10)9-7-8(2)5-6-11(9)16(19)20/h5-7H,3-4H2,1-2H3,(H,17,18). The molecule has 0 saturated carbocycles. The number of benzene rings is 1. The molecule has 0 aliphatic carbocycles. The molecular weight excluding hydrogens is 276 g/mol. The largest absolute Gasteiger partial charge is 0.475 e. The maximum absolute atomic E-state index is 11.2. The summed E-state index contributed by atoms with van der Waals surface area (Å²) in [5, 5.41) is 20.2. The van der Waals surface area contributed by atoms with Crippen LogP contribution in [0.2, 0.25) is 0 Å². The third-order valence-electron chi connectivity index (χ3n) is 2.96. The maximum atomic E-state index is 11.2. The van der Waals surface area contributed by atoms with Gasteiger partial charge in [-0.3, -0.25) is 10.1 Å². The number of rotatable bonds is 5. The number of aryl methyl sites for hydroxylation is 2. The van der Waals surface area contributed by atoms with Crippen molar-refractivity contribution in [3.05, 3.63) is 45.3 Å². The Morgan fingerprint density at radius 3 is 2.76 bits per heavy atom. The van der Waals surface area contributed by atoms with Gasteiger partial charge in [0.2, 0.25) is 11.7 Å². The Kier molecular flexibility index (Phi) is 4.02. The molecular formula is C14H14N2O5. The van der Waals surface area contributed by atoms with Crippen LogP contribution in [-0.4, -0.2) is 21.0 Å². The highest BCUT2D eigenvalue weighted by atomic mass is 16.6. The molecule has 0 radical (unpaired) electrons. The van der Waals surface area contributed by atoms with Gasteiger partial charge in [-0.15, -0.1) is 0 Å². The quantitative estimate of drug-likeness (QED) is 0.669. The molecule has 0 saturated heterocycles. The molecule has 2 aromatic rings. The third kappa shape index (κ3) is 2.91. The van der Waals surface area contributed by atoms with Crippen LogP contribution in [0.25, 0.3) is 11.5 Å². The van der Waals surface area contributed by atoms with Crippen molar-refractivity contribution in [1.82, 2.24) is 4.98 Å². The van der Waals surface area contributed by atoms with Crippen LogP contribution in [0.3, 0.4) is 0 Å². The highest BCUT2D eigenvalue weighted by molar-refractivity contribution is 5.86. The minimum absolute atomic E-state index is 0.0359. The molecule has 1 aromatic carbocycles. The van der Waals surface area contributed by atoms with E-state index in [1.165, 1.54) is 6.07 Å². The Balaban J connectivity index is 2.61. The number of hydrogen-bond donors (Lipinski definition) is 1. The molecule has 7 nitrogen and oxygen atoms in total. The van der Waals surface area contributed by atoms with E-state index in [-0.39, 0.29) is 22.9 Å². The van der Waals surface area contributed by atoms with Crippen molar-refractivity contribution in [3.8, 4) is 11.5 Å². The Bertz CT molecular complexity index is 705. The fraction of sp³-hybridized carbons (Fsp3) is 0.286. The average molecular weight is 290 g/mol. The summed E-state index contributed by atoms with van der Waals surface area (Å²) in [5.74, 6) is -1.53. The SMILES string of the molecule is CCCc1nc(-c2cc(C)ccc2[N+](=O)[O-])oc1C(=O)O. The Morgan fingerprint density at radius 1 is 1.48 bits per heavy atom. The fourth-order valence-electron chi connectivity index (χ4n) is 2.02. The van der Waals surface area contributed by atoms with Crippen molar-refractivity contribution in [1.29, 1.82) is 0 Å². The maximum Gasteiger partial charge on any atom is 0.373 e. The van der Waals surface area contributed by atoms with Crippen LogP contribution in [0.5, 0.6) is 0 Å². The van der Waals surface area contributed by atoms with Gasteiger partial charge in [-0.2, -0.15) is 0 Å². The number of aromatic carboxylic acids is 1. The lowest BCUT2D eigenvalue weighted by Crippen LogP contribution is -1.99. The van der Waals surface area contributed by atoms with E-state index in [9.17, 15) is 14.9 Å². The smallest absolute Gasteiger partial charge is 0.373 e. The first-order valence-corrected chi connectivity index (χ1v) is 6.42. The van der Waals surface area contributed by atoms with Gasteiger partial charge in [0.15, 0.2) is 0 Å². The zero-order valence-electron chi connectivity index (χ0n) is 11.6. The van der Waals surface area contributed by atoms with E-state index in [0.717, 1.165) is 5.56 Å². The number of nitrogens with zero attached hydrogens (tertiary/aromatic N) is 2. The molecule has 0 aliphatic heterocycles. The van der Waals surface area contributed by atoms with Gasteiger partial charge in [0.25, 0.3) is 5.69 Å². The number of hydrogen-bond acceptors (Lipinski definition) is 5. The molecule has 7 heteroatoms. The van der Waals surface area contributed by atoms with Gasteiger partial charge in [0.1, 0.15) is 5.56 Å². The number of nitro benzene ring substituents is 1. The van der Waals surface area contributed by atoms with Gasteiger partial charge in [-0.1, -0.05) is 19.4 Å². The van der Waals surface area contributed by atoms with Crippen LogP contribution in [0.4, 0.5) is 5.69 Å². The van der Waals surface area contributed by atoms with E-state index in [2.05, 4.69) is 4.98 Å². The van der Waals surface area contributed by atoms with Crippen LogP contribution >= 0.6 is 0 Å². The topological polar surface area (TPSA) is 106 Å². The van der Waals surface area contributed by atoms with Crippen LogP contribution in [0, 0.1) is 17.0 Å². The predicted octanol–water partition coefficient (Wildman–Crippen LogP) is 3.21. The summed E-state index contributed by atoms with van der Waals surface area (Å²) >= 11 is 0. The van der Waals surface area contributed by atoms with Crippen molar-refractivity contribution in [2.75, 3.05) is 0 Å². The monoisotopic (exact) mass is 290 g/mol. The van der Waals surface area contributed by atoms with Crippen LogP contribution < -0.4 is 0 Å². The van der Waals surface area contributed by atoms with Gasteiger partial charge in [0, 0.05) is 6.07 Å². The summed E-state index contributed by atoms with van der Waals surface area (Å²) in [5.41, 5.74) is 1.12. The number of oxazole rings is 1. The van der Waals surface area contributed by atoms with E-state index < -0.39 is 10.9 Å². The van der Waals surface area contributed by atoms with Crippen molar-refractivity contribution in [3.63, 3.8) is 0 Å². The molecule has 0 aliphatic rings. The first kappa shape index (κ1) is 14.7. The molecule has 0 bridgehead atoms. The summed E-state index contributed by atoms with van der Waals surface area (Å²) in [4.78, 5) is 25.8. The minimum atomic E-state index is -1.23. The first-order chi connectivity index (χ1) is 9.93. The van der Waals surface area contributed by atoms with E-state index >= 15 is 0 Å². The predicted molar refractivity (Wildman–Crippen MR) is 74.3 cm³/mol. The second-order valence-electron chi connectivity index (χ2n) is 4.63. The lowest BCUT2D eigenvalue weighted by molar-refractivity contribution is -0.384. The fourth-order valence-corrected chi connectivity index (χ4v) is 2.02. The first-order valence-electron chi connectivity index (χ1n) is 6.42. The van der Waals surface area contributed by atoms with Crippen LogP contribution in [-0.2, 0) is 6.42 Å². The highest BCUT2D eigenvalue weighted by Crippen LogP contribution is 2.31. The lowest BCUT2D eigenvalue weighted by Gasteiger charge is -2.00. The van der Waals surface area contributed by atoms with Crippen LogP contribution in [0.1, 0.15) is 35.2 Å². The van der Waals surface area contributed by atoms with E-state index in [1.807, 2.05) is 6.92 Å². The summed E-state index contributed by atoms with van der Waals surface area (Å²) in [6.07, 6.45) is 1.13. The number of carbonyl (C=O) groups is 1. The Hall–Kier alpha value is -2.70. The highest BCUT2D eigenvalue weighted by Gasteiger charge is 2.24. The lowest BCUT2D eigenvalue weighted by atomic mass is 10.1. The van der Waals surface area contributed by atoms with Gasteiger partial charge in [-0.05, 0) is 25.0 Å². The molecule has 21 heavy (non-hydrogen) atoms. The minimum Gasteiger partial charge on any atom is -0.475 e. The van der Waals surface area contributed by atoms with Gasteiger partial charge in [-0.25, -0.2) is 9.78 Å². The number of nitro groups is 1. The summed E-state index contributed by atoms with van der Waals surface area (Å²) in [7, 11) is 0.